The number of fused-ring (bicyclic) bond motifs is 2. The van der Waals surface area contributed by atoms with E-state index in [1.807, 2.05) is 54.6 Å². The number of amides is 1. The second-order valence-corrected chi connectivity index (χ2v) is 15.2. The van der Waals surface area contributed by atoms with Crippen LogP contribution in [-0.4, -0.2) is 63.0 Å². The van der Waals surface area contributed by atoms with E-state index >= 15 is 0 Å². The number of hydrogen-bond donors (Lipinski definition) is 2. The number of carbonyl (C=O) groups excluding carboxylic acids is 1. The van der Waals surface area contributed by atoms with E-state index in [1.54, 1.807) is 18.2 Å². The zero-order chi connectivity index (χ0) is 32.9. The maximum Gasteiger partial charge on any atom is 0.241 e. The maximum atomic E-state index is 13.6. The van der Waals surface area contributed by atoms with Gasteiger partial charge in [0.05, 0.1) is 23.6 Å². The molecule has 2 saturated heterocycles. The lowest BCUT2D eigenvalue weighted by Gasteiger charge is -2.40. The number of benzene rings is 4. The van der Waals surface area contributed by atoms with Gasteiger partial charge in [0, 0.05) is 31.0 Å². The van der Waals surface area contributed by atoms with Gasteiger partial charge in [0.15, 0.2) is 0 Å². The van der Waals surface area contributed by atoms with Crippen molar-refractivity contribution >= 4 is 26.7 Å². The topological polar surface area (TPSA) is 91.0 Å². The Morgan fingerprint density at radius 1 is 0.812 bits per heavy atom. The minimum Gasteiger partial charge on any atom is -0.493 e. The molecule has 3 heterocycles. The fourth-order valence-electron chi connectivity index (χ4n) is 7.61. The van der Waals surface area contributed by atoms with Gasteiger partial charge < -0.3 is 15.0 Å². The number of carbonyl (C=O) groups is 1. The minimum absolute atomic E-state index is 0.0328. The molecule has 2 fully saturated rings. The third-order valence-corrected chi connectivity index (χ3v) is 11.7. The van der Waals surface area contributed by atoms with Gasteiger partial charge in [-0.2, -0.15) is 0 Å². The summed E-state index contributed by atoms with van der Waals surface area (Å²) < 4.78 is 36.1. The van der Waals surface area contributed by atoms with Crippen molar-refractivity contribution in [3.8, 4) is 5.75 Å². The number of likely N-dealkylation sites (tertiary alicyclic amines) is 2. The lowest BCUT2D eigenvalue weighted by atomic mass is 9.97. The molecular weight excluding hydrogens is 621 g/mol. The molecule has 4 aromatic rings. The molecule has 8 nitrogen and oxygen atoms in total. The van der Waals surface area contributed by atoms with Crippen molar-refractivity contribution in [2.75, 3.05) is 32.8 Å². The molecule has 0 radical (unpaired) electrons. The van der Waals surface area contributed by atoms with E-state index in [0.717, 1.165) is 53.3 Å². The molecule has 3 aliphatic rings. The standard InChI is InChI=1S/C39H46N4O4S/c44-39(27-37(31-10-3-1-4-11-31)41-48(45,46)34-15-14-30-9-5-6-12-32(30)26-34)40-36-19-24-47-38-25-29(13-16-35(36)38)28-42-22-17-33(18-23-42)43-20-7-2-8-21-43/h1,3-6,9-16,25-26,33,36-37,41H,2,7-8,17-24,27-28H2,(H,40,44)/t36?,37-/m1/s1. The summed E-state index contributed by atoms with van der Waals surface area (Å²) in [5, 5.41) is 5.00. The summed E-state index contributed by atoms with van der Waals surface area (Å²) in [6.45, 7) is 6.17. The lowest BCUT2D eigenvalue weighted by molar-refractivity contribution is -0.122. The van der Waals surface area contributed by atoms with Crippen molar-refractivity contribution < 1.29 is 17.9 Å². The summed E-state index contributed by atoms with van der Waals surface area (Å²) in [5.74, 6) is 0.604. The van der Waals surface area contributed by atoms with Crippen LogP contribution in [-0.2, 0) is 21.4 Å². The van der Waals surface area contributed by atoms with Crippen LogP contribution in [0.2, 0.25) is 0 Å². The molecule has 1 amide bonds. The number of nitrogens with zero attached hydrogens (tertiary/aromatic N) is 2. The molecular formula is C39H46N4O4S. The highest BCUT2D eigenvalue weighted by molar-refractivity contribution is 7.89. The van der Waals surface area contributed by atoms with E-state index in [9.17, 15) is 13.2 Å². The van der Waals surface area contributed by atoms with Crippen LogP contribution >= 0.6 is 0 Å². The molecule has 4 aromatic carbocycles. The van der Waals surface area contributed by atoms with Gasteiger partial charge in [-0.1, -0.05) is 79.2 Å². The molecule has 3 aliphatic heterocycles. The number of sulfonamides is 1. The smallest absolute Gasteiger partial charge is 0.241 e. The second-order valence-electron chi connectivity index (χ2n) is 13.5. The molecule has 48 heavy (non-hydrogen) atoms. The number of ether oxygens (including phenoxy) is 1. The lowest BCUT2D eigenvalue weighted by Crippen LogP contribution is -2.46. The summed E-state index contributed by atoms with van der Waals surface area (Å²) in [4.78, 5) is 19.0. The summed E-state index contributed by atoms with van der Waals surface area (Å²) in [7, 11) is -3.91. The van der Waals surface area contributed by atoms with E-state index in [0.29, 0.717) is 13.0 Å². The van der Waals surface area contributed by atoms with Crippen molar-refractivity contribution in [2.45, 2.75) is 74.5 Å². The highest BCUT2D eigenvalue weighted by atomic mass is 32.2. The van der Waals surface area contributed by atoms with Crippen LogP contribution in [0.4, 0.5) is 0 Å². The zero-order valence-corrected chi connectivity index (χ0v) is 28.3. The van der Waals surface area contributed by atoms with Gasteiger partial charge in [0.2, 0.25) is 15.9 Å². The van der Waals surface area contributed by atoms with Gasteiger partial charge in [-0.05, 0) is 92.0 Å². The summed E-state index contributed by atoms with van der Waals surface area (Å²) >= 11 is 0. The first-order valence-electron chi connectivity index (χ1n) is 17.5. The first-order valence-corrected chi connectivity index (χ1v) is 19.0. The Morgan fingerprint density at radius 3 is 2.35 bits per heavy atom. The molecule has 9 heteroatoms. The Morgan fingerprint density at radius 2 is 1.56 bits per heavy atom. The van der Waals surface area contributed by atoms with Gasteiger partial charge in [-0.3, -0.25) is 9.69 Å². The Bertz CT molecular complexity index is 1820. The monoisotopic (exact) mass is 666 g/mol. The largest absolute Gasteiger partial charge is 0.493 e. The van der Waals surface area contributed by atoms with Gasteiger partial charge in [-0.25, -0.2) is 13.1 Å². The minimum atomic E-state index is -3.91. The van der Waals surface area contributed by atoms with Crippen LogP contribution in [0.3, 0.4) is 0 Å². The predicted octanol–water partition coefficient (Wildman–Crippen LogP) is 6.34. The van der Waals surface area contributed by atoms with Gasteiger partial charge >= 0.3 is 0 Å². The molecule has 1 unspecified atom stereocenters. The molecule has 0 aliphatic carbocycles. The number of nitrogens with one attached hydrogen (secondary N) is 2. The van der Waals surface area contributed by atoms with Crippen LogP contribution < -0.4 is 14.8 Å². The molecule has 0 saturated carbocycles. The third-order valence-electron chi connectivity index (χ3n) is 10.2. The molecule has 2 N–H and O–H groups in total. The van der Waals surface area contributed by atoms with Crippen LogP contribution in [0, 0.1) is 0 Å². The van der Waals surface area contributed by atoms with Crippen molar-refractivity contribution in [3.05, 3.63) is 108 Å². The van der Waals surface area contributed by atoms with Crippen molar-refractivity contribution in [1.29, 1.82) is 0 Å². The average Bonchev–Trinajstić information content (AvgIpc) is 3.12. The van der Waals surface area contributed by atoms with Crippen molar-refractivity contribution in [3.63, 3.8) is 0 Å². The molecule has 0 bridgehead atoms. The third kappa shape index (κ3) is 7.76. The zero-order valence-electron chi connectivity index (χ0n) is 27.5. The molecule has 252 valence electrons. The van der Waals surface area contributed by atoms with Crippen LogP contribution in [0.25, 0.3) is 10.8 Å². The SMILES string of the molecule is O=C(C[C@@H](NS(=O)(=O)c1ccc2ccccc2c1)c1ccccc1)NC1CCOc2cc(CN3CCC(N4CCCCC4)CC3)ccc21. The van der Waals surface area contributed by atoms with Gasteiger partial charge in [0.1, 0.15) is 5.75 Å². The van der Waals surface area contributed by atoms with E-state index in [-0.39, 0.29) is 23.3 Å². The van der Waals surface area contributed by atoms with E-state index in [4.69, 9.17) is 4.74 Å². The van der Waals surface area contributed by atoms with Crippen LogP contribution in [0.1, 0.15) is 73.7 Å². The van der Waals surface area contributed by atoms with E-state index in [1.165, 1.54) is 50.8 Å². The molecule has 0 aromatic heterocycles. The predicted molar refractivity (Wildman–Crippen MR) is 189 cm³/mol. The Hall–Kier alpha value is -3.76. The Kier molecular flexibility index (Phi) is 10.1. The molecule has 0 spiro atoms. The number of hydrogen-bond acceptors (Lipinski definition) is 6. The normalized spacial score (nSPS) is 20.1. The van der Waals surface area contributed by atoms with Crippen molar-refractivity contribution in [1.82, 2.24) is 19.8 Å². The van der Waals surface area contributed by atoms with Crippen LogP contribution in [0.15, 0.2) is 95.9 Å². The highest BCUT2D eigenvalue weighted by Gasteiger charge is 2.29. The first-order chi connectivity index (χ1) is 23.4. The first kappa shape index (κ1) is 32.8. The van der Waals surface area contributed by atoms with E-state index < -0.39 is 16.1 Å². The average molecular weight is 667 g/mol. The second kappa shape index (κ2) is 14.8. The fraction of sp³-hybridized carbons (Fsp3) is 0.410. The number of piperidine rings is 2. The van der Waals surface area contributed by atoms with Crippen LogP contribution in [0.5, 0.6) is 5.75 Å². The summed E-state index contributed by atoms with van der Waals surface area (Å²) in [6.07, 6.45) is 7.15. The quantitative estimate of drug-likeness (QED) is 0.205. The van der Waals surface area contributed by atoms with Gasteiger partial charge in [-0.15, -0.1) is 0 Å². The molecule has 7 rings (SSSR count). The maximum absolute atomic E-state index is 13.6. The van der Waals surface area contributed by atoms with Crippen molar-refractivity contribution in [2.24, 2.45) is 0 Å². The summed E-state index contributed by atoms with van der Waals surface area (Å²) in [6, 6.07) is 28.2. The Balaban J connectivity index is 0.996. The fourth-order valence-corrected chi connectivity index (χ4v) is 8.87. The highest BCUT2D eigenvalue weighted by Crippen LogP contribution is 2.34. The number of rotatable bonds is 10. The summed E-state index contributed by atoms with van der Waals surface area (Å²) in [5.41, 5.74) is 2.92. The van der Waals surface area contributed by atoms with Gasteiger partial charge in [0.25, 0.3) is 0 Å². The Labute approximate surface area is 284 Å². The van der Waals surface area contributed by atoms with E-state index in [2.05, 4.69) is 38.0 Å². The molecule has 2 atom stereocenters.